The zero-order valence-electron chi connectivity index (χ0n) is 11.8. The van der Waals surface area contributed by atoms with E-state index in [0.29, 0.717) is 9.34 Å². The van der Waals surface area contributed by atoms with Gasteiger partial charge >= 0.3 is 11.9 Å². The molecule has 0 aliphatic carbocycles. The van der Waals surface area contributed by atoms with Gasteiger partial charge in [-0.2, -0.15) is 0 Å². The number of hydrogen-bond donors (Lipinski definition) is 0. The second kappa shape index (κ2) is 7.06. The molecule has 1 aromatic carbocycles. The van der Waals surface area contributed by atoms with Gasteiger partial charge in [0.15, 0.2) is 9.34 Å². The van der Waals surface area contributed by atoms with Crippen LogP contribution in [-0.2, 0) is 0 Å². The maximum absolute atomic E-state index is 11.8. The van der Waals surface area contributed by atoms with Crippen molar-refractivity contribution in [2.75, 3.05) is 0 Å². The highest BCUT2D eigenvalue weighted by molar-refractivity contribution is 9.10. The molecule has 8 heteroatoms. The standard InChI is InChI=1S/C16H8Br2O6/c17-13-7-5-11(23-13)15(19)21-9-1-2-10(4-3-9)22-16(20)12-6-8-14(18)24-12/h1-8H. The van der Waals surface area contributed by atoms with Gasteiger partial charge < -0.3 is 18.3 Å². The molecule has 0 saturated heterocycles. The van der Waals surface area contributed by atoms with E-state index in [2.05, 4.69) is 31.9 Å². The van der Waals surface area contributed by atoms with Gasteiger partial charge in [0.2, 0.25) is 11.5 Å². The molecule has 6 nitrogen and oxygen atoms in total. The Balaban J connectivity index is 1.63. The second-order valence-corrected chi connectivity index (χ2v) is 6.02. The lowest BCUT2D eigenvalue weighted by molar-refractivity contribution is 0.0685. The van der Waals surface area contributed by atoms with Crippen molar-refractivity contribution in [3.63, 3.8) is 0 Å². The molecule has 0 spiro atoms. The van der Waals surface area contributed by atoms with Crippen LogP contribution in [0.2, 0.25) is 0 Å². The van der Waals surface area contributed by atoms with Gasteiger partial charge in [-0.05, 0) is 80.4 Å². The van der Waals surface area contributed by atoms with E-state index in [1.54, 1.807) is 12.1 Å². The van der Waals surface area contributed by atoms with Crippen molar-refractivity contribution in [1.29, 1.82) is 0 Å². The maximum Gasteiger partial charge on any atom is 0.379 e. The summed E-state index contributed by atoms with van der Waals surface area (Å²) < 4.78 is 21.4. The van der Waals surface area contributed by atoms with E-state index in [1.165, 1.54) is 36.4 Å². The second-order valence-electron chi connectivity index (χ2n) is 4.46. The topological polar surface area (TPSA) is 78.9 Å². The third-order valence-electron chi connectivity index (χ3n) is 2.79. The Morgan fingerprint density at radius 3 is 1.33 bits per heavy atom. The molecule has 0 saturated carbocycles. The fourth-order valence-electron chi connectivity index (χ4n) is 1.74. The summed E-state index contributed by atoms with van der Waals surface area (Å²) in [5, 5.41) is 0. The van der Waals surface area contributed by atoms with Crippen molar-refractivity contribution in [2.45, 2.75) is 0 Å². The molecule has 2 aromatic heterocycles. The number of halogens is 2. The van der Waals surface area contributed by atoms with E-state index in [-0.39, 0.29) is 23.0 Å². The van der Waals surface area contributed by atoms with E-state index in [9.17, 15) is 9.59 Å². The molecule has 0 atom stereocenters. The predicted octanol–water partition coefficient (Wildman–Crippen LogP) is 4.84. The molecule has 0 unspecified atom stereocenters. The highest BCUT2D eigenvalue weighted by atomic mass is 79.9. The molecule has 0 bridgehead atoms. The summed E-state index contributed by atoms with van der Waals surface area (Å²) in [6, 6.07) is 12.1. The number of furan rings is 2. The summed E-state index contributed by atoms with van der Waals surface area (Å²) in [5.41, 5.74) is 0. The normalized spacial score (nSPS) is 10.4. The molecule has 0 amide bonds. The van der Waals surface area contributed by atoms with Crippen LogP contribution in [0.4, 0.5) is 0 Å². The van der Waals surface area contributed by atoms with Gasteiger partial charge in [-0.15, -0.1) is 0 Å². The average Bonchev–Trinajstić information content (AvgIpc) is 3.18. The van der Waals surface area contributed by atoms with Gasteiger partial charge in [0.1, 0.15) is 11.5 Å². The monoisotopic (exact) mass is 454 g/mol. The maximum atomic E-state index is 11.8. The van der Waals surface area contributed by atoms with Crippen molar-refractivity contribution in [2.24, 2.45) is 0 Å². The molecule has 24 heavy (non-hydrogen) atoms. The fraction of sp³-hybridized carbons (Fsp3) is 0. The smallest absolute Gasteiger partial charge is 0.379 e. The lowest BCUT2D eigenvalue weighted by Crippen LogP contribution is -2.08. The van der Waals surface area contributed by atoms with E-state index in [4.69, 9.17) is 18.3 Å². The summed E-state index contributed by atoms with van der Waals surface area (Å²) >= 11 is 6.21. The Morgan fingerprint density at radius 1 is 0.667 bits per heavy atom. The number of benzene rings is 1. The minimum Gasteiger partial charge on any atom is -0.442 e. The van der Waals surface area contributed by atoms with E-state index >= 15 is 0 Å². The van der Waals surface area contributed by atoms with Crippen molar-refractivity contribution in [3.8, 4) is 11.5 Å². The molecule has 122 valence electrons. The highest BCUT2D eigenvalue weighted by Crippen LogP contribution is 2.22. The lowest BCUT2D eigenvalue weighted by atomic mass is 10.3. The van der Waals surface area contributed by atoms with Crippen molar-refractivity contribution >= 4 is 43.8 Å². The van der Waals surface area contributed by atoms with Crippen molar-refractivity contribution in [3.05, 3.63) is 69.4 Å². The van der Waals surface area contributed by atoms with E-state index < -0.39 is 11.9 Å². The first kappa shape index (κ1) is 16.5. The number of carbonyl (C=O) groups is 2. The van der Waals surface area contributed by atoms with Crippen molar-refractivity contribution < 1.29 is 27.9 Å². The summed E-state index contributed by atoms with van der Waals surface area (Å²) in [5.74, 6) is -0.556. The summed E-state index contributed by atoms with van der Waals surface area (Å²) in [7, 11) is 0. The van der Waals surface area contributed by atoms with Gasteiger partial charge in [0.05, 0.1) is 0 Å². The molecule has 0 aliphatic heterocycles. The zero-order valence-corrected chi connectivity index (χ0v) is 15.0. The van der Waals surface area contributed by atoms with E-state index in [1.807, 2.05) is 0 Å². The summed E-state index contributed by atoms with van der Waals surface area (Å²) in [4.78, 5) is 23.7. The predicted molar refractivity (Wildman–Crippen MR) is 89.2 cm³/mol. The summed E-state index contributed by atoms with van der Waals surface area (Å²) in [6.45, 7) is 0. The minimum absolute atomic E-state index is 0.0702. The Hall–Kier alpha value is -2.32. The van der Waals surface area contributed by atoms with Gasteiger partial charge in [-0.25, -0.2) is 9.59 Å². The van der Waals surface area contributed by atoms with Crippen LogP contribution in [0.15, 0.2) is 66.7 Å². The van der Waals surface area contributed by atoms with Crippen LogP contribution in [0.3, 0.4) is 0 Å². The average molecular weight is 456 g/mol. The molecule has 0 aliphatic rings. The third-order valence-corrected chi connectivity index (χ3v) is 3.65. The number of rotatable bonds is 4. The summed E-state index contributed by atoms with van der Waals surface area (Å²) in [6.07, 6.45) is 0. The Labute approximate surface area is 152 Å². The number of hydrogen-bond acceptors (Lipinski definition) is 6. The molecular weight excluding hydrogens is 448 g/mol. The largest absolute Gasteiger partial charge is 0.442 e. The van der Waals surface area contributed by atoms with Gasteiger partial charge in [-0.3, -0.25) is 0 Å². The first-order valence-corrected chi connectivity index (χ1v) is 8.15. The van der Waals surface area contributed by atoms with E-state index in [0.717, 1.165) is 0 Å². The van der Waals surface area contributed by atoms with Crippen LogP contribution in [0.5, 0.6) is 11.5 Å². The molecule has 0 radical (unpaired) electrons. The Kier molecular flexibility index (Phi) is 4.86. The third kappa shape index (κ3) is 3.95. The molecular formula is C16H8Br2O6. The van der Waals surface area contributed by atoms with Gasteiger partial charge in [-0.1, -0.05) is 0 Å². The fourth-order valence-corrected chi connectivity index (χ4v) is 2.35. The first-order valence-electron chi connectivity index (χ1n) is 6.56. The molecule has 0 fully saturated rings. The minimum atomic E-state index is -0.633. The SMILES string of the molecule is O=C(Oc1ccc(OC(=O)c2ccc(Br)o2)cc1)c1ccc(Br)o1. The van der Waals surface area contributed by atoms with Crippen LogP contribution in [0.1, 0.15) is 21.1 Å². The molecule has 3 aromatic rings. The lowest BCUT2D eigenvalue weighted by Gasteiger charge is -2.05. The van der Waals surface area contributed by atoms with Crippen LogP contribution in [0.25, 0.3) is 0 Å². The molecule has 3 rings (SSSR count). The molecule has 0 N–H and O–H groups in total. The Bertz CT molecular complexity index is 805. The molecule has 2 heterocycles. The number of carbonyl (C=O) groups excluding carboxylic acids is 2. The first-order chi connectivity index (χ1) is 11.5. The van der Waals surface area contributed by atoms with Crippen LogP contribution < -0.4 is 9.47 Å². The van der Waals surface area contributed by atoms with Crippen LogP contribution in [0, 0.1) is 0 Å². The number of esters is 2. The Morgan fingerprint density at radius 2 is 1.04 bits per heavy atom. The van der Waals surface area contributed by atoms with Gasteiger partial charge in [0, 0.05) is 0 Å². The highest BCUT2D eigenvalue weighted by Gasteiger charge is 2.15. The van der Waals surface area contributed by atoms with Crippen LogP contribution in [-0.4, -0.2) is 11.9 Å². The number of ether oxygens (including phenoxy) is 2. The van der Waals surface area contributed by atoms with Gasteiger partial charge in [0.25, 0.3) is 0 Å². The van der Waals surface area contributed by atoms with Crippen molar-refractivity contribution in [1.82, 2.24) is 0 Å². The zero-order chi connectivity index (χ0) is 17.1. The quantitative estimate of drug-likeness (QED) is 0.414. The van der Waals surface area contributed by atoms with Crippen LogP contribution >= 0.6 is 31.9 Å².